The van der Waals surface area contributed by atoms with E-state index >= 15 is 0 Å². The Morgan fingerprint density at radius 2 is 1.83 bits per heavy atom. The molecule has 1 aromatic carbocycles. The summed E-state index contributed by atoms with van der Waals surface area (Å²) in [5, 5.41) is 6.94. The second-order valence-electron chi connectivity index (χ2n) is 4.89. The van der Waals surface area contributed by atoms with Crippen molar-refractivity contribution in [2.75, 3.05) is 13.2 Å². The molecule has 0 heterocycles. The summed E-state index contributed by atoms with van der Waals surface area (Å²) in [6.07, 6.45) is 0. The summed E-state index contributed by atoms with van der Waals surface area (Å²) >= 11 is 0. The number of nitrogens with one attached hydrogen (secondary N) is 2. The molecule has 0 amide bonds. The molecule has 18 heavy (non-hydrogen) atoms. The van der Waals surface area contributed by atoms with Gasteiger partial charge in [-0.05, 0) is 19.9 Å². The average Bonchev–Trinajstić information content (AvgIpc) is 2.35. The van der Waals surface area contributed by atoms with Gasteiger partial charge in [-0.15, -0.1) is 0 Å². The maximum Gasteiger partial charge on any atom is 0.123 e. The SMILES string of the molecule is CCOc1ccccc1CNC(C)CNC(C)C. The van der Waals surface area contributed by atoms with Crippen molar-refractivity contribution in [2.24, 2.45) is 0 Å². The molecule has 0 bridgehead atoms. The Kier molecular flexibility index (Phi) is 6.76. The minimum atomic E-state index is 0.446. The smallest absolute Gasteiger partial charge is 0.123 e. The summed E-state index contributed by atoms with van der Waals surface area (Å²) in [5.74, 6) is 0.983. The lowest BCUT2D eigenvalue weighted by molar-refractivity contribution is 0.334. The quantitative estimate of drug-likeness (QED) is 0.744. The molecular weight excluding hydrogens is 224 g/mol. The van der Waals surface area contributed by atoms with Crippen LogP contribution < -0.4 is 15.4 Å². The third-order valence-electron chi connectivity index (χ3n) is 2.75. The van der Waals surface area contributed by atoms with Crippen molar-refractivity contribution in [3.63, 3.8) is 0 Å². The van der Waals surface area contributed by atoms with E-state index in [4.69, 9.17) is 4.74 Å². The van der Waals surface area contributed by atoms with Crippen molar-refractivity contribution in [1.29, 1.82) is 0 Å². The molecule has 3 nitrogen and oxygen atoms in total. The first kappa shape index (κ1) is 15.0. The molecule has 0 fully saturated rings. The standard InChI is InChI=1S/C15H26N2O/c1-5-18-15-9-7-6-8-14(15)11-17-13(4)10-16-12(2)3/h6-9,12-13,16-17H,5,10-11H2,1-4H3. The molecule has 1 atom stereocenters. The highest BCUT2D eigenvalue weighted by molar-refractivity contribution is 5.33. The van der Waals surface area contributed by atoms with Crippen molar-refractivity contribution in [2.45, 2.75) is 46.3 Å². The number of hydrogen-bond acceptors (Lipinski definition) is 3. The summed E-state index contributed by atoms with van der Waals surface area (Å²) in [4.78, 5) is 0. The molecule has 1 unspecified atom stereocenters. The molecule has 102 valence electrons. The van der Waals surface area contributed by atoms with E-state index in [1.54, 1.807) is 0 Å². The van der Waals surface area contributed by atoms with Crippen molar-refractivity contribution in [3.8, 4) is 5.75 Å². The van der Waals surface area contributed by atoms with Crippen molar-refractivity contribution < 1.29 is 4.74 Å². The molecule has 0 aliphatic rings. The van der Waals surface area contributed by atoms with E-state index in [2.05, 4.69) is 43.5 Å². The Labute approximate surface area is 111 Å². The lowest BCUT2D eigenvalue weighted by Crippen LogP contribution is -2.38. The van der Waals surface area contributed by atoms with E-state index in [-0.39, 0.29) is 0 Å². The first-order valence-electron chi connectivity index (χ1n) is 6.81. The zero-order chi connectivity index (χ0) is 13.4. The highest BCUT2D eigenvalue weighted by Crippen LogP contribution is 2.17. The highest BCUT2D eigenvalue weighted by Gasteiger charge is 2.05. The second kappa shape index (κ2) is 8.11. The zero-order valence-corrected chi connectivity index (χ0v) is 12.0. The van der Waals surface area contributed by atoms with Gasteiger partial charge >= 0.3 is 0 Å². The Bertz CT molecular complexity index is 339. The third kappa shape index (κ3) is 5.52. The van der Waals surface area contributed by atoms with Gasteiger partial charge in [-0.3, -0.25) is 0 Å². The predicted octanol–water partition coefficient (Wildman–Crippen LogP) is 2.56. The topological polar surface area (TPSA) is 33.3 Å². The molecule has 0 aliphatic carbocycles. The Morgan fingerprint density at radius 3 is 2.50 bits per heavy atom. The Balaban J connectivity index is 2.42. The van der Waals surface area contributed by atoms with Gasteiger partial charge in [0.1, 0.15) is 5.75 Å². The first-order chi connectivity index (χ1) is 8.63. The molecule has 0 radical (unpaired) electrons. The van der Waals surface area contributed by atoms with Gasteiger partial charge in [-0.2, -0.15) is 0 Å². The average molecular weight is 250 g/mol. The summed E-state index contributed by atoms with van der Waals surface area (Å²) < 4.78 is 5.61. The molecule has 0 saturated heterocycles. The number of benzene rings is 1. The van der Waals surface area contributed by atoms with Crippen LogP contribution in [0, 0.1) is 0 Å². The molecule has 1 rings (SSSR count). The predicted molar refractivity (Wildman–Crippen MR) is 77.1 cm³/mol. The molecule has 0 saturated carbocycles. The van der Waals surface area contributed by atoms with E-state index in [0.29, 0.717) is 18.7 Å². The van der Waals surface area contributed by atoms with Gasteiger partial charge in [0.05, 0.1) is 6.61 Å². The van der Waals surface area contributed by atoms with Gasteiger partial charge in [0.15, 0.2) is 0 Å². The van der Waals surface area contributed by atoms with Crippen LogP contribution in [0.2, 0.25) is 0 Å². The van der Waals surface area contributed by atoms with Crippen LogP contribution >= 0.6 is 0 Å². The van der Waals surface area contributed by atoms with E-state index in [9.17, 15) is 0 Å². The fraction of sp³-hybridized carbons (Fsp3) is 0.600. The maximum atomic E-state index is 5.61. The van der Waals surface area contributed by atoms with E-state index in [0.717, 1.165) is 18.8 Å². The van der Waals surface area contributed by atoms with Crippen LogP contribution in [0.25, 0.3) is 0 Å². The lowest BCUT2D eigenvalue weighted by Gasteiger charge is -2.17. The van der Waals surface area contributed by atoms with Gasteiger partial charge < -0.3 is 15.4 Å². The third-order valence-corrected chi connectivity index (χ3v) is 2.75. The molecule has 2 N–H and O–H groups in total. The fourth-order valence-electron chi connectivity index (χ4n) is 1.72. The molecule has 0 aromatic heterocycles. The van der Waals surface area contributed by atoms with E-state index in [1.807, 2.05) is 19.1 Å². The second-order valence-corrected chi connectivity index (χ2v) is 4.89. The van der Waals surface area contributed by atoms with Gasteiger partial charge in [0.2, 0.25) is 0 Å². The molecule has 0 aliphatic heterocycles. The summed E-state index contributed by atoms with van der Waals surface area (Å²) in [5.41, 5.74) is 1.22. The van der Waals surface area contributed by atoms with Gasteiger partial charge in [0, 0.05) is 30.7 Å². The maximum absolute atomic E-state index is 5.61. The minimum Gasteiger partial charge on any atom is -0.494 e. The molecular formula is C15H26N2O. The van der Waals surface area contributed by atoms with Crippen molar-refractivity contribution in [3.05, 3.63) is 29.8 Å². The molecule has 3 heteroatoms. The van der Waals surface area contributed by atoms with Crippen LogP contribution in [0.3, 0.4) is 0 Å². The van der Waals surface area contributed by atoms with Gasteiger partial charge in [0.25, 0.3) is 0 Å². The first-order valence-corrected chi connectivity index (χ1v) is 6.81. The summed E-state index contributed by atoms with van der Waals surface area (Å²) in [7, 11) is 0. The van der Waals surface area contributed by atoms with Gasteiger partial charge in [-0.1, -0.05) is 32.0 Å². The van der Waals surface area contributed by atoms with Crippen LogP contribution in [-0.2, 0) is 6.54 Å². The Morgan fingerprint density at radius 1 is 1.11 bits per heavy atom. The van der Waals surface area contributed by atoms with E-state index < -0.39 is 0 Å². The van der Waals surface area contributed by atoms with Gasteiger partial charge in [-0.25, -0.2) is 0 Å². The van der Waals surface area contributed by atoms with Crippen LogP contribution in [0.15, 0.2) is 24.3 Å². The number of hydrogen-bond donors (Lipinski definition) is 2. The van der Waals surface area contributed by atoms with Crippen LogP contribution in [0.5, 0.6) is 5.75 Å². The lowest BCUT2D eigenvalue weighted by atomic mass is 10.2. The zero-order valence-electron chi connectivity index (χ0n) is 12.0. The highest BCUT2D eigenvalue weighted by atomic mass is 16.5. The summed E-state index contributed by atoms with van der Waals surface area (Å²) in [6.45, 7) is 11.1. The van der Waals surface area contributed by atoms with Crippen molar-refractivity contribution in [1.82, 2.24) is 10.6 Å². The molecule has 1 aromatic rings. The van der Waals surface area contributed by atoms with Crippen LogP contribution in [-0.4, -0.2) is 25.2 Å². The normalized spacial score (nSPS) is 12.7. The molecule has 0 spiro atoms. The summed E-state index contributed by atoms with van der Waals surface area (Å²) in [6, 6.07) is 9.18. The Hall–Kier alpha value is -1.06. The van der Waals surface area contributed by atoms with Crippen LogP contribution in [0.1, 0.15) is 33.3 Å². The minimum absolute atomic E-state index is 0.446. The number of para-hydroxylation sites is 1. The van der Waals surface area contributed by atoms with Crippen LogP contribution in [0.4, 0.5) is 0 Å². The number of rotatable bonds is 8. The fourth-order valence-corrected chi connectivity index (χ4v) is 1.72. The monoisotopic (exact) mass is 250 g/mol. The van der Waals surface area contributed by atoms with Crippen molar-refractivity contribution >= 4 is 0 Å². The van der Waals surface area contributed by atoms with E-state index in [1.165, 1.54) is 5.56 Å². The number of ether oxygens (including phenoxy) is 1. The largest absolute Gasteiger partial charge is 0.494 e.